The molecule has 1 heterocycles. The number of ether oxygens (including phenoxy) is 1. The van der Waals surface area contributed by atoms with Crippen molar-refractivity contribution in [1.82, 2.24) is 10.2 Å². The van der Waals surface area contributed by atoms with E-state index in [1.807, 2.05) is 30.3 Å². The molecule has 0 aliphatic heterocycles. The van der Waals surface area contributed by atoms with Gasteiger partial charge in [0.25, 0.3) is 6.43 Å². The number of aromatic nitrogens is 2. The van der Waals surface area contributed by atoms with Crippen molar-refractivity contribution in [3.63, 3.8) is 0 Å². The minimum Gasteiger partial charge on any atom is -0.375 e. The van der Waals surface area contributed by atoms with Gasteiger partial charge in [-0.1, -0.05) is 41.7 Å². The maximum absolute atomic E-state index is 11.9. The Kier molecular flexibility index (Phi) is 5.82. The van der Waals surface area contributed by atoms with Gasteiger partial charge < -0.3 is 4.74 Å². The van der Waals surface area contributed by atoms with Crippen LogP contribution in [0.25, 0.3) is 0 Å². The zero-order valence-corrected chi connectivity index (χ0v) is 12.1. The van der Waals surface area contributed by atoms with Crippen LogP contribution in [0, 0.1) is 0 Å². The maximum Gasteiger partial charge on any atom is 0.261 e. The number of benzene rings is 1. The average molecular weight is 319 g/mol. The predicted molar refractivity (Wildman–Crippen MR) is 74.6 cm³/mol. The smallest absolute Gasteiger partial charge is 0.261 e. The molecule has 1 aromatic heterocycles. The molecule has 2 aromatic rings. The molecule has 0 N–H and O–H groups in total. The first-order valence-electron chi connectivity index (χ1n) is 6.04. The van der Waals surface area contributed by atoms with Crippen LogP contribution in [-0.2, 0) is 11.2 Å². The second-order valence-corrected chi connectivity index (χ2v) is 5.55. The molecule has 0 spiro atoms. The molecule has 1 atom stereocenters. The highest BCUT2D eigenvalue weighted by Gasteiger charge is 2.16. The first-order valence-corrected chi connectivity index (χ1v) is 7.29. The minimum absolute atomic E-state index is 0.206. The molecule has 20 heavy (non-hydrogen) atoms. The molecule has 2 rings (SSSR count). The second-order valence-electron chi connectivity index (χ2n) is 4.02. The Morgan fingerprint density at radius 3 is 2.65 bits per heavy atom. The normalized spacial score (nSPS) is 12.8. The quantitative estimate of drug-likeness (QED) is 0.577. The lowest BCUT2D eigenvalue weighted by molar-refractivity contribution is 0.0186. The van der Waals surface area contributed by atoms with Crippen LogP contribution in [-0.4, -0.2) is 29.8 Å². The summed E-state index contributed by atoms with van der Waals surface area (Å²) < 4.78 is 28.6. The van der Waals surface area contributed by atoms with Gasteiger partial charge in [-0.3, -0.25) is 0 Å². The lowest BCUT2D eigenvalue weighted by Crippen LogP contribution is -2.06. The fourth-order valence-electron chi connectivity index (χ4n) is 1.57. The van der Waals surface area contributed by atoms with Crippen LogP contribution in [0.5, 0.6) is 0 Å². The summed E-state index contributed by atoms with van der Waals surface area (Å²) in [5.74, 6) is 0. The summed E-state index contributed by atoms with van der Waals surface area (Å²) in [6, 6.07) is 9.57. The number of rotatable bonds is 7. The van der Waals surface area contributed by atoms with Crippen molar-refractivity contribution < 1.29 is 13.5 Å². The summed E-state index contributed by atoms with van der Waals surface area (Å²) >= 11 is 7.70. The summed E-state index contributed by atoms with van der Waals surface area (Å²) in [5.41, 5.74) is 0.950. The largest absolute Gasteiger partial charge is 0.375 e. The maximum atomic E-state index is 11.9. The molecule has 7 heteroatoms. The van der Waals surface area contributed by atoms with E-state index in [0.29, 0.717) is 11.4 Å². The second kappa shape index (κ2) is 7.61. The zero-order chi connectivity index (χ0) is 14.4. The van der Waals surface area contributed by atoms with Gasteiger partial charge >= 0.3 is 0 Å². The van der Waals surface area contributed by atoms with E-state index in [1.54, 1.807) is 0 Å². The SMILES string of the molecule is FC(F)COCCc1nnc(C(Cl)c2ccccc2)s1. The van der Waals surface area contributed by atoms with E-state index in [9.17, 15) is 8.78 Å². The number of hydrogen-bond acceptors (Lipinski definition) is 4. The topological polar surface area (TPSA) is 35.0 Å². The Bertz CT molecular complexity index is 524. The Morgan fingerprint density at radius 2 is 1.95 bits per heavy atom. The van der Waals surface area contributed by atoms with E-state index in [4.69, 9.17) is 16.3 Å². The highest BCUT2D eigenvalue weighted by atomic mass is 35.5. The van der Waals surface area contributed by atoms with Crippen molar-refractivity contribution in [2.45, 2.75) is 18.2 Å². The van der Waals surface area contributed by atoms with Crippen molar-refractivity contribution in [3.05, 3.63) is 45.9 Å². The molecule has 0 fully saturated rings. The van der Waals surface area contributed by atoms with Gasteiger partial charge in [-0.05, 0) is 5.56 Å². The molecule has 0 aliphatic rings. The molecule has 0 saturated heterocycles. The fraction of sp³-hybridized carbons (Fsp3) is 0.385. The summed E-state index contributed by atoms with van der Waals surface area (Å²) in [6.45, 7) is -0.342. The van der Waals surface area contributed by atoms with Crippen LogP contribution in [0.15, 0.2) is 30.3 Å². The summed E-state index contributed by atoms with van der Waals surface area (Å²) in [7, 11) is 0. The number of halogens is 3. The lowest BCUT2D eigenvalue weighted by atomic mass is 10.1. The van der Waals surface area contributed by atoms with Gasteiger partial charge in [0, 0.05) is 6.42 Å². The number of hydrogen-bond donors (Lipinski definition) is 0. The van der Waals surface area contributed by atoms with Crippen LogP contribution in [0.3, 0.4) is 0 Å². The molecule has 0 radical (unpaired) electrons. The highest BCUT2D eigenvalue weighted by molar-refractivity contribution is 7.11. The fourth-order valence-corrected chi connectivity index (χ4v) is 2.72. The van der Waals surface area contributed by atoms with Crippen LogP contribution in [0.1, 0.15) is 21.0 Å². The van der Waals surface area contributed by atoms with Crippen LogP contribution in [0.4, 0.5) is 8.78 Å². The first kappa shape index (κ1) is 15.3. The van der Waals surface area contributed by atoms with Gasteiger partial charge in [-0.2, -0.15) is 0 Å². The van der Waals surface area contributed by atoms with Gasteiger partial charge in [-0.15, -0.1) is 21.8 Å². The molecule has 3 nitrogen and oxygen atoms in total. The molecule has 1 unspecified atom stereocenters. The van der Waals surface area contributed by atoms with Gasteiger partial charge in [-0.25, -0.2) is 8.78 Å². The van der Waals surface area contributed by atoms with Crippen molar-refractivity contribution in [1.29, 1.82) is 0 Å². The summed E-state index contributed by atoms with van der Waals surface area (Å²) in [4.78, 5) is 0. The van der Waals surface area contributed by atoms with Gasteiger partial charge in [0.05, 0.1) is 6.61 Å². The first-order chi connectivity index (χ1) is 9.66. The molecular formula is C13H13ClF2N2OS. The Balaban J connectivity index is 1.89. The van der Waals surface area contributed by atoms with Gasteiger partial charge in [0.2, 0.25) is 0 Å². The summed E-state index contributed by atoms with van der Waals surface area (Å²) in [5, 5.41) is 9.12. The van der Waals surface area contributed by atoms with Crippen molar-refractivity contribution in [2.75, 3.05) is 13.2 Å². The monoisotopic (exact) mass is 318 g/mol. The van der Waals surface area contributed by atoms with Crippen molar-refractivity contribution >= 4 is 22.9 Å². The summed E-state index contributed by atoms with van der Waals surface area (Å²) in [6.07, 6.45) is -1.98. The van der Waals surface area contributed by atoms with Crippen LogP contribution >= 0.6 is 22.9 Å². The third-order valence-corrected chi connectivity index (χ3v) is 4.13. The number of nitrogens with zero attached hydrogens (tertiary/aromatic N) is 2. The van der Waals surface area contributed by atoms with Crippen molar-refractivity contribution in [2.24, 2.45) is 0 Å². The average Bonchev–Trinajstić information content (AvgIpc) is 2.92. The lowest BCUT2D eigenvalue weighted by Gasteiger charge is -2.04. The van der Waals surface area contributed by atoms with E-state index in [1.165, 1.54) is 11.3 Å². The van der Waals surface area contributed by atoms with Crippen LogP contribution in [0.2, 0.25) is 0 Å². The molecule has 0 bridgehead atoms. The third-order valence-electron chi connectivity index (χ3n) is 2.50. The van der Waals surface area contributed by atoms with E-state index >= 15 is 0 Å². The van der Waals surface area contributed by atoms with Gasteiger partial charge in [0.1, 0.15) is 22.0 Å². The molecule has 1 aromatic carbocycles. The van der Waals surface area contributed by atoms with E-state index < -0.39 is 13.0 Å². The Hall–Kier alpha value is -1.11. The van der Waals surface area contributed by atoms with Crippen molar-refractivity contribution in [3.8, 4) is 0 Å². The van der Waals surface area contributed by atoms with Crippen LogP contribution < -0.4 is 0 Å². The molecule has 108 valence electrons. The molecular weight excluding hydrogens is 306 g/mol. The van der Waals surface area contributed by atoms with E-state index in [2.05, 4.69) is 10.2 Å². The Labute approximate surface area is 124 Å². The highest BCUT2D eigenvalue weighted by Crippen LogP contribution is 2.30. The number of alkyl halides is 3. The molecule has 0 saturated carbocycles. The zero-order valence-electron chi connectivity index (χ0n) is 10.5. The standard InChI is InChI=1S/C13H13ClF2N2OS/c14-12(9-4-2-1-3-5-9)13-18-17-11(20-13)6-7-19-8-10(15)16/h1-5,10,12H,6-8H2. The van der Waals surface area contributed by atoms with Gasteiger partial charge in [0.15, 0.2) is 0 Å². The Morgan fingerprint density at radius 1 is 1.20 bits per heavy atom. The third kappa shape index (κ3) is 4.47. The predicted octanol–water partition coefficient (Wildman–Crippen LogP) is 3.69. The molecule has 0 amide bonds. The van der Waals surface area contributed by atoms with E-state index in [-0.39, 0.29) is 12.0 Å². The molecule has 0 aliphatic carbocycles. The van der Waals surface area contributed by atoms with E-state index in [0.717, 1.165) is 10.6 Å². The minimum atomic E-state index is -2.44.